The van der Waals surface area contributed by atoms with E-state index < -0.39 is 0 Å². The molecule has 1 saturated carbocycles. The average molecular weight is 343 g/mol. The van der Waals surface area contributed by atoms with Crippen molar-refractivity contribution in [3.63, 3.8) is 0 Å². The number of aromatic amines is 1. The molecule has 1 fully saturated rings. The lowest BCUT2D eigenvalue weighted by Crippen LogP contribution is -2.12. The van der Waals surface area contributed by atoms with Crippen LogP contribution in [-0.2, 0) is 0 Å². The smallest absolute Gasteiger partial charge is 0.259 e. The van der Waals surface area contributed by atoms with E-state index in [2.05, 4.69) is 35.9 Å². The van der Waals surface area contributed by atoms with Crippen LogP contribution in [0.2, 0.25) is 0 Å². The van der Waals surface area contributed by atoms with Gasteiger partial charge in [0.15, 0.2) is 0 Å². The van der Waals surface area contributed by atoms with Gasteiger partial charge in [0, 0.05) is 28.6 Å². The minimum absolute atomic E-state index is 0.108. The van der Waals surface area contributed by atoms with Crippen molar-refractivity contribution < 1.29 is 0 Å². The van der Waals surface area contributed by atoms with Crippen molar-refractivity contribution in [3.8, 4) is 11.4 Å². The van der Waals surface area contributed by atoms with Crippen LogP contribution < -0.4 is 5.56 Å². The first-order chi connectivity index (χ1) is 10.2. The summed E-state index contributed by atoms with van der Waals surface area (Å²) in [4.78, 5) is 28.2. The van der Waals surface area contributed by atoms with Crippen molar-refractivity contribution >= 4 is 26.8 Å². The van der Waals surface area contributed by atoms with E-state index in [4.69, 9.17) is 0 Å². The predicted molar refractivity (Wildman–Crippen MR) is 83.1 cm³/mol. The molecule has 0 amide bonds. The van der Waals surface area contributed by atoms with E-state index in [1.807, 2.05) is 6.07 Å². The molecule has 104 valence electrons. The second-order valence-corrected chi connectivity index (χ2v) is 6.02. The Morgan fingerprint density at radius 1 is 1.19 bits per heavy atom. The zero-order chi connectivity index (χ0) is 14.4. The van der Waals surface area contributed by atoms with Crippen LogP contribution in [-0.4, -0.2) is 19.9 Å². The molecule has 3 heterocycles. The maximum atomic E-state index is 12.5. The fraction of sp³-hybridized carbons (Fsp3) is 0.200. The van der Waals surface area contributed by atoms with E-state index in [1.54, 1.807) is 24.8 Å². The van der Waals surface area contributed by atoms with Gasteiger partial charge >= 0.3 is 0 Å². The summed E-state index contributed by atoms with van der Waals surface area (Å²) in [5.41, 5.74) is 2.35. The molecule has 5 nitrogen and oxygen atoms in total. The number of pyridine rings is 2. The van der Waals surface area contributed by atoms with Crippen LogP contribution in [0, 0.1) is 0 Å². The fourth-order valence-corrected chi connectivity index (χ4v) is 2.95. The number of aromatic nitrogens is 4. The molecule has 0 saturated heterocycles. The van der Waals surface area contributed by atoms with Gasteiger partial charge in [0.2, 0.25) is 0 Å². The van der Waals surface area contributed by atoms with Crippen LogP contribution >= 0.6 is 15.9 Å². The van der Waals surface area contributed by atoms with Gasteiger partial charge in [0.1, 0.15) is 5.82 Å². The third kappa shape index (κ3) is 2.15. The number of nitrogens with one attached hydrogen (secondary N) is 1. The Hall–Kier alpha value is -2.08. The third-order valence-electron chi connectivity index (χ3n) is 3.69. The first-order valence-corrected chi connectivity index (χ1v) is 7.51. The lowest BCUT2D eigenvalue weighted by Gasteiger charge is -2.07. The normalized spacial score (nSPS) is 14.5. The molecule has 1 aliphatic carbocycles. The Labute approximate surface area is 128 Å². The second kappa shape index (κ2) is 4.73. The Balaban J connectivity index is 1.99. The molecule has 0 aliphatic heterocycles. The van der Waals surface area contributed by atoms with E-state index in [0.717, 1.165) is 28.4 Å². The molecule has 3 aromatic heterocycles. The highest BCUT2D eigenvalue weighted by Gasteiger charge is 2.27. The molecule has 0 spiro atoms. The number of fused-ring (bicyclic) bond motifs is 1. The molecule has 6 heteroatoms. The van der Waals surface area contributed by atoms with Gasteiger partial charge in [0.25, 0.3) is 5.56 Å². The highest BCUT2D eigenvalue weighted by Crippen LogP contribution is 2.41. The maximum absolute atomic E-state index is 12.5. The van der Waals surface area contributed by atoms with Crippen LogP contribution in [0.25, 0.3) is 22.3 Å². The van der Waals surface area contributed by atoms with Gasteiger partial charge in [-0.05, 0) is 46.3 Å². The Morgan fingerprint density at radius 3 is 2.81 bits per heavy atom. The highest BCUT2D eigenvalue weighted by molar-refractivity contribution is 9.10. The van der Waals surface area contributed by atoms with Gasteiger partial charge in [-0.25, -0.2) is 4.98 Å². The summed E-state index contributed by atoms with van der Waals surface area (Å²) >= 11 is 3.43. The quantitative estimate of drug-likeness (QED) is 0.776. The van der Waals surface area contributed by atoms with E-state index >= 15 is 0 Å². The Kier molecular flexibility index (Phi) is 2.85. The van der Waals surface area contributed by atoms with Crippen molar-refractivity contribution in [3.05, 3.63) is 51.2 Å². The molecule has 0 bridgehead atoms. The minimum Gasteiger partial charge on any atom is -0.306 e. The van der Waals surface area contributed by atoms with Crippen LogP contribution in [0.5, 0.6) is 0 Å². The number of H-pyrrole nitrogens is 1. The van der Waals surface area contributed by atoms with Crippen molar-refractivity contribution in [1.82, 2.24) is 19.9 Å². The lowest BCUT2D eigenvalue weighted by molar-refractivity contribution is 1.08. The molecular weight excluding hydrogens is 332 g/mol. The van der Waals surface area contributed by atoms with Gasteiger partial charge in [0.05, 0.1) is 17.1 Å². The third-order valence-corrected chi connectivity index (χ3v) is 4.32. The summed E-state index contributed by atoms with van der Waals surface area (Å²) in [5, 5.41) is 0.668. The summed E-state index contributed by atoms with van der Waals surface area (Å²) in [6.45, 7) is 0. The van der Waals surface area contributed by atoms with E-state index in [-0.39, 0.29) is 5.56 Å². The second-order valence-electron chi connectivity index (χ2n) is 5.17. The lowest BCUT2D eigenvalue weighted by atomic mass is 10.1. The standard InChI is InChI=1S/C15H11BrN4O/c16-11-6-17-4-3-9(11)14-19-12-7-18-5-10(8-1-2-8)13(12)15(21)20-14/h3-8H,1-2H2,(H,19,20,21). The van der Waals surface area contributed by atoms with Crippen molar-refractivity contribution in [2.75, 3.05) is 0 Å². The summed E-state index contributed by atoms with van der Waals surface area (Å²) in [6.07, 6.45) is 9.03. The predicted octanol–water partition coefficient (Wildman–Crippen LogP) is 3.02. The molecule has 0 unspecified atom stereocenters. The molecule has 1 N–H and O–H groups in total. The van der Waals surface area contributed by atoms with Gasteiger partial charge in [-0.3, -0.25) is 14.8 Å². The summed E-state index contributed by atoms with van der Waals surface area (Å²) in [5.74, 6) is 0.985. The van der Waals surface area contributed by atoms with Crippen LogP contribution in [0.15, 0.2) is 40.1 Å². The Bertz CT molecular complexity index is 902. The van der Waals surface area contributed by atoms with Gasteiger partial charge < -0.3 is 4.98 Å². The van der Waals surface area contributed by atoms with Gasteiger partial charge in [-0.2, -0.15) is 0 Å². The average Bonchev–Trinajstić information content (AvgIpc) is 3.31. The molecule has 0 aromatic carbocycles. The monoisotopic (exact) mass is 342 g/mol. The summed E-state index contributed by atoms with van der Waals surface area (Å²) in [7, 11) is 0. The van der Waals surface area contributed by atoms with E-state index in [9.17, 15) is 4.79 Å². The molecule has 4 rings (SSSR count). The number of rotatable bonds is 2. The van der Waals surface area contributed by atoms with Crippen LogP contribution in [0.1, 0.15) is 24.3 Å². The Morgan fingerprint density at radius 2 is 2.05 bits per heavy atom. The first kappa shape index (κ1) is 12.6. The van der Waals surface area contributed by atoms with E-state index in [0.29, 0.717) is 22.6 Å². The van der Waals surface area contributed by atoms with E-state index in [1.165, 1.54) is 0 Å². The molecule has 0 radical (unpaired) electrons. The zero-order valence-corrected chi connectivity index (χ0v) is 12.6. The molecule has 21 heavy (non-hydrogen) atoms. The van der Waals surface area contributed by atoms with Gasteiger partial charge in [-0.15, -0.1) is 0 Å². The van der Waals surface area contributed by atoms with Crippen LogP contribution in [0.3, 0.4) is 0 Å². The largest absolute Gasteiger partial charge is 0.306 e. The van der Waals surface area contributed by atoms with Crippen LogP contribution in [0.4, 0.5) is 0 Å². The maximum Gasteiger partial charge on any atom is 0.259 e. The topological polar surface area (TPSA) is 71.5 Å². The van der Waals surface area contributed by atoms with Crippen molar-refractivity contribution in [1.29, 1.82) is 0 Å². The first-order valence-electron chi connectivity index (χ1n) is 6.72. The zero-order valence-electron chi connectivity index (χ0n) is 11.0. The highest BCUT2D eigenvalue weighted by atomic mass is 79.9. The minimum atomic E-state index is -0.108. The van der Waals surface area contributed by atoms with Crippen molar-refractivity contribution in [2.45, 2.75) is 18.8 Å². The number of hydrogen-bond donors (Lipinski definition) is 1. The SMILES string of the molecule is O=c1[nH]c(-c2ccncc2Br)nc2cncc(C3CC3)c12. The van der Waals surface area contributed by atoms with Gasteiger partial charge in [-0.1, -0.05) is 0 Å². The number of halogens is 1. The molecular formula is C15H11BrN4O. The van der Waals surface area contributed by atoms with Crippen molar-refractivity contribution in [2.24, 2.45) is 0 Å². The summed E-state index contributed by atoms with van der Waals surface area (Å²) in [6, 6.07) is 1.81. The number of nitrogens with zero attached hydrogens (tertiary/aromatic N) is 3. The number of hydrogen-bond acceptors (Lipinski definition) is 4. The molecule has 0 atom stereocenters. The molecule has 3 aromatic rings. The molecule has 1 aliphatic rings. The summed E-state index contributed by atoms with van der Waals surface area (Å²) < 4.78 is 0.791. The fourth-order valence-electron chi connectivity index (χ4n) is 2.51.